The van der Waals surface area contributed by atoms with Crippen LogP contribution in [0.15, 0.2) is 10.8 Å². The van der Waals surface area contributed by atoms with E-state index in [1.165, 1.54) is 6.20 Å². The zero-order chi connectivity index (χ0) is 18.5. The van der Waals surface area contributed by atoms with Crippen LogP contribution >= 0.6 is 15.9 Å². The van der Waals surface area contributed by atoms with E-state index in [1.54, 1.807) is 34.6 Å². The van der Waals surface area contributed by atoms with Crippen LogP contribution in [0.3, 0.4) is 0 Å². The lowest BCUT2D eigenvalue weighted by Gasteiger charge is -2.25. The third kappa shape index (κ3) is 6.96. The number of aromatic nitrogens is 2. The summed E-state index contributed by atoms with van der Waals surface area (Å²) in [6.07, 6.45) is 5.35. The summed E-state index contributed by atoms with van der Waals surface area (Å²) in [5.41, 5.74) is -0.807. The smallest absolute Gasteiger partial charge is 0.417 e. The van der Waals surface area contributed by atoms with Crippen molar-refractivity contribution in [3.8, 4) is 12.3 Å². The first-order valence-corrected chi connectivity index (χ1v) is 7.92. The molecule has 0 radical (unpaired) electrons. The number of carbonyl (C=O) groups is 2. The number of terminal acetylenes is 1. The molecular formula is C16H20BrN3O4. The van der Waals surface area contributed by atoms with E-state index in [9.17, 15) is 9.59 Å². The van der Waals surface area contributed by atoms with Gasteiger partial charge in [0.25, 0.3) is 0 Å². The first kappa shape index (κ1) is 19.9. The molecule has 0 atom stereocenters. The van der Waals surface area contributed by atoms with E-state index in [-0.39, 0.29) is 6.42 Å². The molecule has 0 aliphatic rings. The highest BCUT2D eigenvalue weighted by atomic mass is 79.9. The van der Waals surface area contributed by atoms with Crippen LogP contribution in [0.2, 0.25) is 0 Å². The molecule has 0 bridgehead atoms. The van der Waals surface area contributed by atoms with Gasteiger partial charge in [0.05, 0.1) is 11.9 Å². The van der Waals surface area contributed by atoms with E-state index >= 15 is 0 Å². The fourth-order valence-corrected chi connectivity index (χ4v) is 2.02. The summed E-state index contributed by atoms with van der Waals surface area (Å²) in [7, 11) is 0. The molecule has 1 aromatic heterocycles. The van der Waals surface area contributed by atoms with E-state index in [2.05, 4.69) is 31.8 Å². The quantitative estimate of drug-likeness (QED) is 0.787. The van der Waals surface area contributed by atoms with Crippen LogP contribution in [-0.4, -0.2) is 33.4 Å². The Morgan fingerprint density at radius 1 is 1.25 bits per heavy atom. The number of hydrogen-bond donors (Lipinski definition) is 1. The number of nitrogens with zero attached hydrogens (tertiary/aromatic N) is 2. The highest BCUT2D eigenvalue weighted by Crippen LogP contribution is 2.19. The number of amides is 2. The first-order valence-electron chi connectivity index (χ1n) is 7.13. The number of rotatable bonds is 3. The fraction of sp³-hybridized carbons (Fsp3) is 0.500. The third-order valence-corrected chi connectivity index (χ3v) is 2.90. The van der Waals surface area contributed by atoms with Crippen molar-refractivity contribution < 1.29 is 19.1 Å². The van der Waals surface area contributed by atoms with E-state index in [1.807, 2.05) is 5.32 Å². The second-order valence-electron chi connectivity index (χ2n) is 6.59. The van der Waals surface area contributed by atoms with Gasteiger partial charge in [0.2, 0.25) is 0 Å². The molecule has 130 valence electrons. The summed E-state index contributed by atoms with van der Waals surface area (Å²) in [5, 5.41) is 2.01. The van der Waals surface area contributed by atoms with Crippen molar-refractivity contribution in [3.63, 3.8) is 0 Å². The average Bonchev–Trinajstić information content (AvgIpc) is 2.37. The maximum absolute atomic E-state index is 11.8. The lowest BCUT2D eigenvalue weighted by atomic mass is 10.0. The van der Waals surface area contributed by atoms with Crippen molar-refractivity contribution in [2.75, 3.05) is 0 Å². The number of halogens is 1. The van der Waals surface area contributed by atoms with Gasteiger partial charge in [-0.1, -0.05) is 0 Å². The Hall–Kier alpha value is -2.14. The second kappa shape index (κ2) is 7.62. The Bertz CT molecular complexity index is 675. The molecule has 1 rings (SSSR count). The van der Waals surface area contributed by atoms with Crippen LogP contribution < -0.4 is 5.32 Å². The molecule has 0 saturated carbocycles. The highest BCUT2D eigenvalue weighted by molar-refractivity contribution is 9.10. The van der Waals surface area contributed by atoms with Crippen molar-refractivity contribution in [2.24, 2.45) is 0 Å². The summed E-state index contributed by atoms with van der Waals surface area (Å²) in [5.74, 6) is 2.44. The minimum atomic E-state index is -0.958. The molecular weight excluding hydrogens is 378 g/mol. The first-order chi connectivity index (χ1) is 10.9. The molecule has 2 amide bonds. The van der Waals surface area contributed by atoms with Crippen molar-refractivity contribution in [3.05, 3.63) is 22.2 Å². The van der Waals surface area contributed by atoms with Gasteiger partial charge in [0.15, 0.2) is 0 Å². The standard InChI is InChI=1S/C16H20BrN3O4/c1-7-10-11(18-9-12(17)19-10)8-16(5,6)24-14(22)20-13(21)23-15(2,3)4/h1,9H,8H2,2-6H3,(H,20,21,22). The fourth-order valence-electron chi connectivity index (χ4n) is 1.74. The van der Waals surface area contributed by atoms with Gasteiger partial charge in [0, 0.05) is 6.42 Å². The summed E-state index contributed by atoms with van der Waals surface area (Å²) in [6.45, 7) is 8.41. The normalized spacial score (nSPS) is 11.4. The van der Waals surface area contributed by atoms with Gasteiger partial charge in [-0.2, -0.15) is 0 Å². The van der Waals surface area contributed by atoms with Gasteiger partial charge in [-0.15, -0.1) is 6.42 Å². The molecule has 0 aliphatic heterocycles. The van der Waals surface area contributed by atoms with Crippen LogP contribution in [0.25, 0.3) is 0 Å². The molecule has 1 heterocycles. The van der Waals surface area contributed by atoms with Crippen molar-refractivity contribution in [2.45, 2.75) is 52.2 Å². The molecule has 0 fully saturated rings. The summed E-state index contributed by atoms with van der Waals surface area (Å²) < 4.78 is 10.8. The Morgan fingerprint density at radius 2 is 1.83 bits per heavy atom. The molecule has 1 N–H and O–H groups in total. The zero-order valence-electron chi connectivity index (χ0n) is 14.3. The summed E-state index contributed by atoms with van der Waals surface area (Å²) in [4.78, 5) is 31.7. The number of hydrogen-bond acceptors (Lipinski definition) is 6. The Kier molecular flexibility index (Phi) is 6.32. The minimum absolute atomic E-state index is 0.231. The summed E-state index contributed by atoms with van der Waals surface area (Å²) >= 11 is 3.19. The zero-order valence-corrected chi connectivity index (χ0v) is 15.9. The van der Waals surface area contributed by atoms with Crippen LogP contribution in [0.1, 0.15) is 46.0 Å². The molecule has 7 nitrogen and oxygen atoms in total. The number of carbonyl (C=O) groups excluding carboxylic acids is 2. The lowest BCUT2D eigenvalue weighted by molar-refractivity contribution is 0.0275. The predicted octanol–water partition coefficient (Wildman–Crippen LogP) is 3.20. The maximum atomic E-state index is 11.8. The molecule has 0 unspecified atom stereocenters. The van der Waals surface area contributed by atoms with E-state index < -0.39 is 23.4 Å². The van der Waals surface area contributed by atoms with Gasteiger partial charge in [-0.3, -0.25) is 4.98 Å². The lowest BCUT2D eigenvalue weighted by Crippen LogP contribution is -2.41. The number of ether oxygens (including phenoxy) is 2. The van der Waals surface area contributed by atoms with Crippen LogP contribution in [0, 0.1) is 12.3 Å². The van der Waals surface area contributed by atoms with E-state index in [0.29, 0.717) is 16.0 Å². The maximum Gasteiger partial charge on any atom is 0.417 e. The number of alkyl carbamates (subject to hydrolysis) is 2. The number of nitrogens with one attached hydrogen (secondary N) is 1. The van der Waals surface area contributed by atoms with E-state index in [4.69, 9.17) is 15.9 Å². The van der Waals surface area contributed by atoms with Crippen LogP contribution in [0.4, 0.5) is 9.59 Å². The van der Waals surface area contributed by atoms with E-state index in [0.717, 1.165) is 0 Å². The van der Waals surface area contributed by atoms with Crippen LogP contribution in [-0.2, 0) is 15.9 Å². The van der Waals surface area contributed by atoms with Crippen molar-refractivity contribution in [1.29, 1.82) is 0 Å². The Labute approximate surface area is 149 Å². The predicted molar refractivity (Wildman–Crippen MR) is 91.3 cm³/mol. The molecule has 24 heavy (non-hydrogen) atoms. The average molecular weight is 398 g/mol. The second-order valence-corrected chi connectivity index (χ2v) is 7.40. The molecule has 0 aliphatic carbocycles. The Balaban J connectivity index is 2.71. The third-order valence-electron chi connectivity index (χ3n) is 2.52. The highest BCUT2D eigenvalue weighted by Gasteiger charge is 2.27. The molecule has 0 aromatic carbocycles. The molecule has 8 heteroatoms. The van der Waals surface area contributed by atoms with Gasteiger partial charge in [-0.25, -0.2) is 19.9 Å². The van der Waals surface area contributed by atoms with Crippen molar-refractivity contribution >= 4 is 28.1 Å². The minimum Gasteiger partial charge on any atom is -0.443 e. The molecule has 0 spiro atoms. The van der Waals surface area contributed by atoms with Crippen LogP contribution in [0.5, 0.6) is 0 Å². The monoisotopic (exact) mass is 397 g/mol. The van der Waals surface area contributed by atoms with Gasteiger partial charge in [-0.05, 0) is 56.5 Å². The SMILES string of the molecule is C#Cc1nc(Br)cnc1CC(C)(C)OC(=O)NC(=O)OC(C)(C)C. The largest absolute Gasteiger partial charge is 0.443 e. The van der Waals surface area contributed by atoms with Gasteiger partial charge >= 0.3 is 12.2 Å². The topological polar surface area (TPSA) is 90.4 Å². The number of imide groups is 1. The van der Waals surface area contributed by atoms with Gasteiger partial charge in [0.1, 0.15) is 21.5 Å². The Morgan fingerprint density at radius 3 is 2.38 bits per heavy atom. The summed E-state index contributed by atoms with van der Waals surface area (Å²) in [6, 6.07) is 0. The van der Waals surface area contributed by atoms with Crippen molar-refractivity contribution in [1.82, 2.24) is 15.3 Å². The molecule has 0 saturated heterocycles. The van der Waals surface area contributed by atoms with Gasteiger partial charge < -0.3 is 9.47 Å². The molecule has 1 aromatic rings.